The molecular weight excluding hydrogens is 441 g/mol. The predicted molar refractivity (Wildman–Crippen MR) is 119 cm³/mol. The summed E-state index contributed by atoms with van der Waals surface area (Å²) in [6.45, 7) is 7.68. The molecule has 0 fully saturated rings. The molecule has 2 aromatic carbocycles. The molecule has 0 heterocycles. The molecule has 0 aromatic heterocycles. The van der Waals surface area contributed by atoms with Crippen molar-refractivity contribution in [2.45, 2.75) is 39.8 Å². The summed E-state index contributed by atoms with van der Waals surface area (Å²) in [5.74, 6) is -4.01. The minimum absolute atomic E-state index is 0.202. The third kappa shape index (κ3) is 8.83. The highest BCUT2D eigenvalue weighted by Crippen LogP contribution is 2.25. The smallest absolute Gasteiger partial charge is 0.478 e. The first-order valence-electron chi connectivity index (χ1n) is 10.2. The Hall–Kier alpha value is -3.56. The summed E-state index contributed by atoms with van der Waals surface area (Å²) in [7, 11) is 0. The number of anilines is 2. The monoisotopic (exact) mass is 468 g/mol. The van der Waals surface area contributed by atoms with Crippen molar-refractivity contribution in [1.82, 2.24) is 0 Å². The standard InChI is InChI=1S/C21H26N2O3.C2HF3O2/c1-4-12-23(13-5-2)19-11-10-17(14-18(19)21(25)26)22-20(24)16-8-6-15(3)7-9-16;3-2(4,5)1(6)7/h6-11,14H,4-5,12-13H2,1-3H3,(H,22,24)(H,25,26);(H,6,7). The van der Waals surface area contributed by atoms with Gasteiger partial charge in [0.15, 0.2) is 0 Å². The van der Waals surface area contributed by atoms with Crippen LogP contribution in [0.25, 0.3) is 0 Å². The fourth-order valence-electron chi connectivity index (χ4n) is 2.86. The fourth-order valence-corrected chi connectivity index (χ4v) is 2.86. The fraction of sp³-hybridized carbons (Fsp3) is 0.348. The van der Waals surface area contributed by atoms with Crippen LogP contribution in [0.1, 0.15) is 53.0 Å². The number of nitrogens with zero attached hydrogens (tertiary/aromatic N) is 1. The Morgan fingerprint density at radius 2 is 1.45 bits per heavy atom. The van der Waals surface area contributed by atoms with Crippen LogP contribution in [0.4, 0.5) is 24.5 Å². The summed E-state index contributed by atoms with van der Waals surface area (Å²) in [4.78, 5) is 35.1. The summed E-state index contributed by atoms with van der Waals surface area (Å²) in [5, 5.41) is 19.5. The third-order valence-corrected chi connectivity index (χ3v) is 4.37. The number of aliphatic carboxylic acids is 1. The van der Waals surface area contributed by atoms with Gasteiger partial charge in [0, 0.05) is 24.3 Å². The molecule has 0 atom stereocenters. The third-order valence-electron chi connectivity index (χ3n) is 4.37. The van der Waals surface area contributed by atoms with E-state index in [4.69, 9.17) is 9.90 Å². The van der Waals surface area contributed by atoms with Crippen LogP contribution in [0, 0.1) is 6.92 Å². The number of nitrogens with one attached hydrogen (secondary N) is 1. The quantitative estimate of drug-likeness (QED) is 0.491. The Morgan fingerprint density at radius 1 is 0.939 bits per heavy atom. The van der Waals surface area contributed by atoms with Crippen LogP contribution in [0.2, 0.25) is 0 Å². The number of carboxylic acid groups (broad SMARTS) is 2. The molecule has 0 aliphatic carbocycles. The van der Waals surface area contributed by atoms with E-state index >= 15 is 0 Å². The van der Waals surface area contributed by atoms with Crippen LogP contribution in [0.5, 0.6) is 0 Å². The summed E-state index contributed by atoms with van der Waals surface area (Å²) < 4.78 is 31.7. The van der Waals surface area contributed by atoms with E-state index in [1.54, 1.807) is 24.3 Å². The summed E-state index contributed by atoms with van der Waals surface area (Å²) in [6, 6.07) is 12.3. The first-order valence-corrected chi connectivity index (χ1v) is 10.2. The zero-order valence-corrected chi connectivity index (χ0v) is 18.6. The molecule has 7 nitrogen and oxygen atoms in total. The summed E-state index contributed by atoms with van der Waals surface area (Å²) in [6.07, 6.45) is -3.21. The van der Waals surface area contributed by atoms with Gasteiger partial charge in [-0.3, -0.25) is 4.79 Å². The molecule has 180 valence electrons. The highest BCUT2D eigenvalue weighted by molar-refractivity contribution is 6.05. The molecule has 10 heteroatoms. The highest BCUT2D eigenvalue weighted by Gasteiger charge is 2.38. The number of amides is 1. The molecule has 0 spiro atoms. The van der Waals surface area contributed by atoms with Crippen molar-refractivity contribution >= 4 is 29.2 Å². The van der Waals surface area contributed by atoms with E-state index in [1.165, 1.54) is 6.07 Å². The molecule has 0 aliphatic rings. The second kappa shape index (κ2) is 12.5. The number of aromatic carboxylic acids is 1. The van der Waals surface area contributed by atoms with Crippen LogP contribution in [-0.4, -0.2) is 47.3 Å². The van der Waals surface area contributed by atoms with Crippen molar-refractivity contribution in [2.75, 3.05) is 23.3 Å². The largest absolute Gasteiger partial charge is 0.490 e. The molecule has 0 bridgehead atoms. The average molecular weight is 468 g/mol. The number of alkyl halides is 3. The maximum absolute atomic E-state index is 12.4. The van der Waals surface area contributed by atoms with Gasteiger partial charge < -0.3 is 20.4 Å². The highest BCUT2D eigenvalue weighted by atomic mass is 19.4. The van der Waals surface area contributed by atoms with Crippen molar-refractivity contribution in [3.8, 4) is 0 Å². The minimum atomic E-state index is -5.08. The number of benzene rings is 2. The van der Waals surface area contributed by atoms with Crippen molar-refractivity contribution in [1.29, 1.82) is 0 Å². The van der Waals surface area contributed by atoms with Crippen molar-refractivity contribution in [2.24, 2.45) is 0 Å². The lowest BCUT2D eigenvalue weighted by atomic mass is 10.1. The Labute approximate surface area is 189 Å². The maximum Gasteiger partial charge on any atom is 0.490 e. The number of rotatable bonds is 8. The first kappa shape index (κ1) is 27.5. The van der Waals surface area contributed by atoms with Crippen LogP contribution in [0.15, 0.2) is 42.5 Å². The molecule has 2 rings (SSSR count). The van der Waals surface area contributed by atoms with Gasteiger partial charge in [-0.1, -0.05) is 31.5 Å². The Bertz CT molecular complexity index is 954. The van der Waals surface area contributed by atoms with Gasteiger partial charge in [0.05, 0.1) is 11.3 Å². The van der Waals surface area contributed by atoms with Crippen LogP contribution < -0.4 is 10.2 Å². The van der Waals surface area contributed by atoms with Crippen LogP contribution >= 0.6 is 0 Å². The van der Waals surface area contributed by atoms with E-state index in [-0.39, 0.29) is 11.5 Å². The van der Waals surface area contributed by atoms with Gasteiger partial charge in [0.1, 0.15) is 0 Å². The molecule has 33 heavy (non-hydrogen) atoms. The van der Waals surface area contributed by atoms with E-state index < -0.39 is 18.1 Å². The number of carbonyl (C=O) groups is 3. The van der Waals surface area contributed by atoms with Crippen LogP contribution in [0.3, 0.4) is 0 Å². The van der Waals surface area contributed by atoms with E-state index in [1.807, 2.05) is 19.1 Å². The van der Waals surface area contributed by atoms with Gasteiger partial charge in [-0.05, 0) is 50.1 Å². The molecule has 0 saturated carbocycles. The normalized spacial score (nSPS) is 10.6. The molecule has 0 aliphatic heterocycles. The number of halogens is 3. The van der Waals surface area contributed by atoms with E-state index in [2.05, 4.69) is 24.1 Å². The Balaban J connectivity index is 0.000000675. The Kier molecular flexibility index (Phi) is 10.4. The van der Waals surface area contributed by atoms with Gasteiger partial charge >= 0.3 is 18.1 Å². The molecule has 0 saturated heterocycles. The molecule has 1 amide bonds. The first-order chi connectivity index (χ1) is 15.4. The lowest BCUT2D eigenvalue weighted by molar-refractivity contribution is -0.192. The van der Waals surface area contributed by atoms with Gasteiger partial charge in [-0.15, -0.1) is 0 Å². The topological polar surface area (TPSA) is 107 Å². The van der Waals surface area contributed by atoms with Crippen molar-refractivity contribution in [3.63, 3.8) is 0 Å². The zero-order chi connectivity index (χ0) is 25.2. The summed E-state index contributed by atoms with van der Waals surface area (Å²) in [5.41, 5.74) is 2.98. The molecule has 0 unspecified atom stereocenters. The predicted octanol–water partition coefficient (Wildman–Crippen LogP) is 5.21. The van der Waals surface area contributed by atoms with Crippen molar-refractivity contribution < 1.29 is 37.8 Å². The van der Waals surface area contributed by atoms with E-state index in [0.29, 0.717) is 16.9 Å². The van der Waals surface area contributed by atoms with Gasteiger partial charge in [0.2, 0.25) is 0 Å². The average Bonchev–Trinajstić information content (AvgIpc) is 2.73. The Morgan fingerprint density at radius 3 is 1.88 bits per heavy atom. The lowest BCUT2D eigenvalue weighted by Crippen LogP contribution is -2.27. The number of hydrogen-bond donors (Lipinski definition) is 3. The second-order valence-corrected chi connectivity index (χ2v) is 7.15. The zero-order valence-electron chi connectivity index (χ0n) is 18.6. The van der Waals surface area contributed by atoms with Crippen LogP contribution in [-0.2, 0) is 4.79 Å². The maximum atomic E-state index is 12.4. The molecule has 2 aromatic rings. The van der Waals surface area contributed by atoms with Gasteiger partial charge in [0.25, 0.3) is 5.91 Å². The molecular formula is C23H27F3N2O5. The van der Waals surface area contributed by atoms with Gasteiger partial charge in [-0.2, -0.15) is 13.2 Å². The van der Waals surface area contributed by atoms with Crippen molar-refractivity contribution in [3.05, 3.63) is 59.2 Å². The second-order valence-electron chi connectivity index (χ2n) is 7.15. The lowest BCUT2D eigenvalue weighted by Gasteiger charge is -2.25. The summed E-state index contributed by atoms with van der Waals surface area (Å²) >= 11 is 0. The number of hydrogen-bond acceptors (Lipinski definition) is 4. The minimum Gasteiger partial charge on any atom is -0.478 e. The molecule has 0 radical (unpaired) electrons. The van der Waals surface area contributed by atoms with E-state index in [9.17, 15) is 27.9 Å². The van der Waals surface area contributed by atoms with Gasteiger partial charge in [-0.25, -0.2) is 9.59 Å². The number of aryl methyl sites for hydroxylation is 1. The number of carbonyl (C=O) groups excluding carboxylic acids is 1. The van der Waals surface area contributed by atoms with E-state index in [0.717, 1.165) is 31.5 Å². The SMILES string of the molecule is CCCN(CCC)c1ccc(NC(=O)c2ccc(C)cc2)cc1C(=O)O.O=C(O)C(F)(F)F. The molecule has 3 N–H and O–H groups in total. The number of carboxylic acids is 2.